The Labute approximate surface area is 358 Å². The van der Waals surface area contributed by atoms with Gasteiger partial charge in [-0.3, -0.25) is 43.8 Å². The highest BCUT2D eigenvalue weighted by molar-refractivity contribution is 6.21. The molecule has 0 spiro atoms. The first-order valence-corrected chi connectivity index (χ1v) is 19.6. The van der Waals surface area contributed by atoms with Crippen molar-refractivity contribution in [3.8, 4) is 11.5 Å². The first-order valence-electron chi connectivity index (χ1n) is 19.6. The molecule has 0 aromatic heterocycles. The minimum absolute atomic E-state index is 0.00260. The third-order valence-electron chi connectivity index (χ3n) is 10.5. The molecule has 11 atom stereocenters. The zero-order chi connectivity index (χ0) is 45.1. The van der Waals surface area contributed by atoms with Crippen LogP contribution in [0.15, 0.2) is 72.8 Å². The number of rotatable bonds is 13. The van der Waals surface area contributed by atoms with Crippen molar-refractivity contribution in [1.29, 1.82) is 0 Å². The van der Waals surface area contributed by atoms with Crippen LogP contribution >= 0.6 is 0 Å². The maximum Gasteiger partial charge on any atom is 0.303 e. The number of imide groups is 1. The third-order valence-corrected chi connectivity index (χ3v) is 10.5. The summed E-state index contributed by atoms with van der Waals surface area (Å²) >= 11 is 0. The van der Waals surface area contributed by atoms with Gasteiger partial charge in [0.2, 0.25) is 12.2 Å². The van der Waals surface area contributed by atoms with Crippen molar-refractivity contribution in [3.05, 3.63) is 99.6 Å². The molecule has 21 nitrogen and oxygen atoms in total. The number of esters is 3. The van der Waals surface area contributed by atoms with Gasteiger partial charge in [0, 0.05) is 45.4 Å². The summed E-state index contributed by atoms with van der Waals surface area (Å²) in [6, 6.07) is 14.7. The fourth-order valence-electron chi connectivity index (χ4n) is 7.84. The smallest absolute Gasteiger partial charge is 0.303 e. The summed E-state index contributed by atoms with van der Waals surface area (Å²) in [7, 11) is 1.51. The predicted molar refractivity (Wildman–Crippen MR) is 209 cm³/mol. The molecule has 21 heteroatoms. The van der Waals surface area contributed by atoms with Crippen molar-refractivity contribution in [2.45, 2.75) is 95.3 Å². The number of hydrogen-bond acceptors (Lipinski definition) is 18. The molecule has 3 amide bonds. The Kier molecular flexibility index (Phi) is 13.3. The SMILES string of the molecule is COc1ccc([C@@H]2OC[C@H]3O[C@H](Oc4ccc([N+](=O)[O-])cc4)[C@H](NC(C)=O)[C@@H](O[C@@H]4O[C@H](COC(C)=O)[C@@H](OC(C)=O)[C@H](OC(C)=O)[C@H]4N4C(=O)c5ccccc5C4=O)[C@H]3O2)cc1. The van der Waals surface area contributed by atoms with Gasteiger partial charge in [0.05, 0.1) is 29.8 Å². The van der Waals surface area contributed by atoms with Gasteiger partial charge in [-0.2, -0.15) is 0 Å². The first-order chi connectivity index (χ1) is 30.1. The fraction of sp³-hybridized carbons (Fsp3) is 0.429. The number of carbonyl (C=O) groups excluding carboxylic acids is 6. The number of nitro groups is 1. The number of nitrogens with one attached hydrogen (secondary N) is 1. The van der Waals surface area contributed by atoms with E-state index in [4.69, 9.17) is 47.4 Å². The standard InChI is InChI=1S/C42H43N3O18/c1-20(46)43-32-36(34-31(19-56-40(62-34)24-10-14-26(54-5)15-11-24)60-41(32)59-27-16-12-25(13-17-27)45(52)53)63-42-33(44-38(50)28-8-6-7-9-29(28)39(44)51)37(58-23(4)49)35(57-22(3)48)30(61-42)18-55-21(2)47/h6-17,30-37,40-42H,18-19H2,1-5H3,(H,43,46)/t30-,31-,32-,33-,34+,35-,36-,37-,40-,41+,42+/m1/s1. The molecule has 3 saturated heterocycles. The molecule has 3 aromatic rings. The first kappa shape index (κ1) is 44.5. The van der Waals surface area contributed by atoms with Crippen LogP contribution in [0.5, 0.6) is 11.5 Å². The molecule has 3 fully saturated rings. The van der Waals surface area contributed by atoms with Crippen molar-refractivity contribution < 1.29 is 81.1 Å². The number of methoxy groups -OCH3 is 1. The van der Waals surface area contributed by atoms with Crippen molar-refractivity contribution in [2.75, 3.05) is 20.3 Å². The maximum absolute atomic E-state index is 14.3. The quantitative estimate of drug-likeness (QED) is 0.0851. The van der Waals surface area contributed by atoms with E-state index in [1.54, 1.807) is 36.4 Å². The van der Waals surface area contributed by atoms with Crippen LogP contribution in [-0.2, 0) is 57.1 Å². The van der Waals surface area contributed by atoms with Crippen LogP contribution in [0.4, 0.5) is 5.69 Å². The Balaban J connectivity index is 1.35. The predicted octanol–water partition coefficient (Wildman–Crippen LogP) is 2.53. The summed E-state index contributed by atoms with van der Waals surface area (Å²) in [4.78, 5) is 91.0. The van der Waals surface area contributed by atoms with E-state index >= 15 is 0 Å². The monoisotopic (exact) mass is 877 g/mol. The lowest BCUT2D eigenvalue weighted by molar-refractivity contribution is -0.384. The molecule has 3 aromatic carbocycles. The molecule has 4 heterocycles. The molecule has 0 unspecified atom stereocenters. The van der Waals surface area contributed by atoms with Crippen molar-refractivity contribution in [3.63, 3.8) is 0 Å². The lowest BCUT2D eigenvalue weighted by atomic mass is 9.92. The van der Waals surface area contributed by atoms with Gasteiger partial charge >= 0.3 is 17.9 Å². The topological polar surface area (TPSA) is 253 Å². The van der Waals surface area contributed by atoms with Gasteiger partial charge in [-0.15, -0.1) is 0 Å². The zero-order valence-electron chi connectivity index (χ0n) is 34.4. The van der Waals surface area contributed by atoms with Gasteiger partial charge in [0.15, 0.2) is 24.8 Å². The minimum atomic E-state index is -1.84. The molecule has 4 aliphatic heterocycles. The van der Waals surface area contributed by atoms with Crippen molar-refractivity contribution in [1.82, 2.24) is 10.2 Å². The number of hydrogen-bond donors (Lipinski definition) is 1. The maximum atomic E-state index is 14.3. The molecular weight excluding hydrogens is 834 g/mol. The Morgan fingerprint density at radius 1 is 0.778 bits per heavy atom. The largest absolute Gasteiger partial charge is 0.497 e. The van der Waals surface area contributed by atoms with Crippen molar-refractivity contribution >= 4 is 41.3 Å². The number of benzene rings is 3. The van der Waals surface area contributed by atoms with Gasteiger partial charge in [-0.25, -0.2) is 0 Å². The zero-order valence-corrected chi connectivity index (χ0v) is 34.4. The van der Waals surface area contributed by atoms with Crippen molar-refractivity contribution in [2.24, 2.45) is 0 Å². The van der Waals surface area contributed by atoms with Crippen LogP contribution < -0.4 is 14.8 Å². The average Bonchev–Trinajstić information content (AvgIpc) is 3.49. The molecule has 7 rings (SSSR count). The number of nitro benzene ring substituents is 1. The van der Waals surface area contributed by atoms with E-state index in [0.717, 1.165) is 25.7 Å². The van der Waals surface area contributed by atoms with Crippen LogP contribution in [0.1, 0.15) is 60.3 Å². The highest BCUT2D eigenvalue weighted by Crippen LogP contribution is 2.41. The summed E-state index contributed by atoms with van der Waals surface area (Å²) in [6.45, 7) is 3.72. The number of amides is 3. The van der Waals surface area contributed by atoms with Gasteiger partial charge in [0.25, 0.3) is 17.5 Å². The Bertz CT molecular complexity index is 2200. The Morgan fingerprint density at radius 3 is 1.97 bits per heavy atom. The summed E-state index contributed by atoms with van der Waals surface area (Å²) in [5, 5.41) is 14.2. The summed E-state index contributed by atoms with van der Waals surface area (Å²) in [6.07, 6.45) is -12.7. The summed E-state index contributed by atoms with van der Waals surface area (Å²) in [5.41, 5.74) is 0.328. The fourth-order valence-corrected chi connectivity index (χ4v) is 7.84. The highest BCUT2D eigenvalue weighted by atomic mass is 16.8. The molecule has 4 aliphatic rings. The lowest BCUT2D eigenvalue weighted by Crippen LogP contribution is -2.72. The Hall–Kier alpha value is -6.52. The molecule has 0 saturated carbocycles. The normalized spacial score (nSPS) is 28.8. The molecule has 334 valence electrons. The van der Waals surface area contributed by atoms with Crippen LogP contribution in [0.25, 0.3) is 0 Å². The molecule has 0 bridgehead atoms. The number of fused-ring (bicyclic) bond motifs is 2. The number of carbonyl (C=O) groups is 6. The number of nitrogens with zero attached hydrogens (tertiary/aromatic N) is 2. The van der Waals surface area contributed by atoms with E-state index in [0.29, 0.717) is 11.3 Å². The van der Waals surface area contributed by atoms with Crippen LogP contribution in [0, 0.1) is 10.1 Å². The molecule has 0 radical (unpaired) electrons. The Morgan fingerprint density at radius 2 is 1.40 bits per heavy atom. The average molecular weight is 878 g/mol. The van der Waals surface area contributed by atoms with Gasteiger partial charge < -0.3 is 52.7 Å². The second kappa shape index (κ2) is 18.8. The summed E-state index contributed by atoms with van der Waals surface area (Å²) < 4.78 is 60.7. The number of ether oxygens (including phenoxy) is 10. The summed E-state index contributed by atoms with van der Waals surface area (Å²) in [5.74, 6) is -4.18. The molecular formula is C42H43N3O18. The van der Waals surface area contributed by atoms with Gasteiger partial charge in [0.1, 0.15) is 54.6 Å². The van der Waals surface area contributed by atoms with E-state index < -0.39 is 115 Å². The van der Waals surface area contributed by atoms with Gasteiger partial charge in [-0.1, -0.05) is 24.3 Å². The second-order valence-electron chi connectivity index (χ2n) is 14.8. The van der Waals surface area contributed by atoms with E-state index in [2.05, 4.69) is 5.32 Å². The van der Waals surface area contributed by atoms with Crippen LogP contribution in [0.3, 0.4) is 0 Å². The van der Waals surface area contributed by atoms with Crippen LogP contribution in [-0.4, -0.2) is 127 Å². The molecule has 0 aliphatic carbocycles. The van der Waals surface area contributed by atoms with Gasteiger partial charge in [-0.05, 0) is 36.4 Å². The molecule has 1 N–H and O–H groups in total. The van der Waals surface area contributed by atoms with E-state index in [9.17, 15) is 38.9 Å². The highest BCUT2D eigenvalue weighted by Gasteiger charge is 2.60. The van der Waals surface area contributed by atoms with E-state index in [1.807, 2.05) is 0 Å². The van der Waals surface area contributed by atoms with E-state index in [-0.39, 0.29) is 29.2 Å². The number of non-ortho nitro benzene ring substituents is 1. The minimum Gasteiger partial charge on any atom is -0.497 e. The molecule has 63 heavy (non-hydrogen) atoms. The van der Waals surface area contributed by atoms with Crippen LogP contribution in [0.2, 0.25) is 0 Å². The van der Waals surface area contributed by atoms with E-state index in [1.165, 1.54) is 50.4 Å². The second-order valence-corrected chi connectivity index (χ2v) is 14.8. The lowest BCUT2D eigenvalue weighted by Gasteiger charge is -2.52. The third kappa shape index (κ3) is 9.61.